The maximum atomic E-state index is 11.9. The van der Waals surface area contributed by atoms with Crippen LogP contribution in [0.5, 0.6) is 0 Å². The third-order valence-electron chi connectivity index (χ3n) is 6.13. The summed E-state index contributed by atoms with van der Waals surface area (Å²) < 4.78 is 10.4. The molecule has 0 aromatic heterocycles. The average Bonchev–Trinajstić information content (AvgIpc) is 2.92. The van der Waals surface area contributed by atoms with Gasteiger partial charge in [0.25, 0.3) is 0 Å². The number of esters is 2. The van der Waals surface area contributed by atoms with Gasteiger partial charge in [-0.2, -0.15) is 0 Å². The standard InChI is InChI=1S/C33H56O5/c1-3-5-7-9-11-12-13-14-15-16-17-18-19-20-22-23-25-27-32(35)37-30-31(29-34)38-33(36)28-26-24-21-10-8-6-4-2/h11-12,14-15,17-18,20,22,31,34H,3-10,13,16,19,21,23-30H2,1-2H3/b12-11+,15-14+,18-17+,22-20+/t31-/m0/s1. The minimum absolute atomic E-state index is 0.0948. The van der Waals surface area contributed by atoms with Gasteiger partial charge >= 0.3 is 11.9 Å². The number of ether oxygens (including phenoxy) is 2. The highest BCUT2D eigenvalue weighted by Crippen LogP contribution is 2.10. The van der Waals surface area contributed by atoms with Crippen LogP contribution < -0.4 is 0 Å². The Balaban J connectivity index is 3.73. The normalized spacial score (nSPS) is 12.8. The summed E-state index contributed by atoms with van der Waals surface area (Å²) in [6.07, 6.45) is 34.6. The highest BCUT2D eigenvalue weighted by atomic mass is 16.6. The number of carbonyl (C=O) groups is 2. The summed E-state index contributed by atoms with van der Waals surface area (Å²) in [4.78, 5) is 23.9. The van der Waals surface area contributed by atoms with Crippen LogP contribution in [-0.2, 0) is 19.1 Å². The molecule has 1 N–H and O–H groups in total. The molecule has 0 aromatic rings. The van der Waals surface area contributed by atoms with E-state index in [1.54, 1.807) is 0 Å². The molecule has 0 bridgehead atoms. The second-order valence-corrected chi connectivity index (χ2v) is 9.83. The van der Waals surface area contributed by atoms with E-state index in [4.69, 9.17) is 9.47 Å². The summed E-state index contributed by atoms with van der Waals surface area (Å²) in [6.45, 7) is 3.98. The monoisotopic (exact) mass is 532 g/mol. The molecule has 0 aromatic carbocycles. The largest absolute Gasteiger partial charge is 0.462 e. The molecule has 0 unspecified atom stereocenters. The van der Waals surface area contributed by atoms with Crippen LogP contribution in [0.3, 0.4) is 0 Å². The molecular weight excluding hydrogens is 476 g/mol. The molecule has 0 saturated heterocycles. The summed E-state index contributed by atoms with van der Waals surface area (Å²) >= 11 is 0. The van der Waals surface area contributed by atoms with Crippen LogP contribution in [-0.4, -0.2) is 36.4 Å². The lowest BCUT2D eigenvalue weighted by Gasteiger charge is -2.15. The molecule has 0 rings (SSSR count). The van der Waals surface area contributed by atoms with E-state index in [-0.39, 0.29) is 25.2 Å². The summed E-state index contributed by atoms with van der Waals surface area (Å²) in [5, 5.41) is 9.42. The molecule has 0 heterocycles. The molecule has 0 saturated carbocycles. The average molecular weight is 533 g/mol. The molecule has 0 radical (unpaired) electrons. The Hall–Kier alpha value is -2.14. The van der Waals surface area contributed by atoms with Gasteiger partial charge in [0.2, 0.25) is 0 Å². The molecule has 0 aliphatic carbocycles. The van der Waals surface area contributed by atoms with Gasteiger partial charge in [0.15, 0.2) is 6.10 Å². The van der Waals surface area contributed by atoms with Crippen LogP contribution in [0.25, 0.3) is 0 Å². The van der Waals surface area contributed by atoms with Crippen molar-refractivity contribution in [2.75, 3.05) is 13.2 Å². The fourth-order valence-electron chi connectivity index (χ4n) is 3.78. The van der Waals surface area contributed by atoms with E-state index >= 15 is 0 Å². The zero-order valence-electron chi connectivity index (χ0n) is 24.4. The molecule has 0 fully saturated rings. The number of hydrogen-bond acceptors (Lipinski definition) is 5. The van der Waals surface area contributed by atoms with Crippen molar-refractivity contribution >= 4 is 11.9 Å². The molecule has 0 aliphatic rings. The number of aliphatic hydroxyl groups excluding tert-OH is 1. The van der Waals surface area contributed by atoms with E-state index in [0.29, 0.717) is 19.3 Å². The first-order valence-corrected chi connectivity index (χ1v) is 15.2. The summed E-state index contributed by atoms with van der Waals surface area (Å²) in [5.41, 5.74) is 0. The molecule has 0 aliphatic heterocycles. The molecule has 38 heavy (non-hydrogen) atoms. The number of carbonyl (C=O) groups excluding carboxylic acids is 2. The van der Waals surface area contributed by atoms with Gasteiger partial charge in [-0.1, -0.05) is 114 Å². The Labute approximate surface area is 233 Å². The molecule has 0 amide bonds. The number of unbranched alkanes of at least 4 members (excludes halogenated alkanes) is 10. The molecular formula is C33H56O5. The summed E-state index contributed by atoms with van der Waals surface area (Å²) in [5.74, 6) is -0.670. The van der Waals surface area contributed by atoms with Crippen LogP contribution >= 0.6 is 0 Å². The lowest BCUT2D eigenvalue weighted by molar-refractivity contribution is -0.161. The first kappa shape index (κ1) is 35.9. The highest BCUT2D eigenvalue weighted by molar-refractivity contribution is 5.70. The van der Waals surface area contributed by atoms with Crippen LogP contribution in [0, 0.1) is 0 Å². The lowest BCUT2D eigenvalue weighted by atomic mass is 10.1. The van der Waals surface area contributed by atoms with E-state index < -0.39 is 6.10 Å². The molecule has 218 valence electrons. The predicted molar refractivity (Wildman–Crippen MR) is 159 cm³/mol. The van der Waals surface area contributed by atoms with E-state index in [9.17, 15) is 14.7 Å². The van der Waals surface area contributed by atoms with Gasteiger partial charge in [-0.3, -0.25) is 9.59 Å². The Kier molecular flexibility index (Phi) is 27.8. The number of rotatable bonds is 26. The van der Waals surface area contributed by atoms with Crippen molar-refractivity contribution in [2.45, 2.75) is 136 Å². The van der Waals surface area contributed by atoms with Crippen molar-refractivity contribution in [3.8, 4) is 0 Å². The molecule has 0 spiro atoms. The van der Waals surface area contributed by atoms with Gasteiger partial charge < -0.3 is 14.6 Å². The zero-order chi connectivity index (χ0) is 27.9. The van der Waals surface area contributed by atoms with Crippen molar-refractivity contribution in [2.24, 2.45) is 0 Å². The second kappa shape index (κ2) is 29.4. The predicted octanol–water partition coefficient (Wildman–Crippen LogP) is 8.72. The van der Waals surface area contributed by atoms with Crippen molar-refractivity contribution in [3.63, 3.8) is 0 Å². The Morgan fingerprint density at radius 3 is 1.66 bits per heavy atom. The Bertz CT molecular complexity index is 662. The van der Waals surface area contributed by atoms with Crippen molar-refractivity contribution in [3.05, 3.63) is 48.6 Å². The second-order valence-electron chi connectivity index (χ2n) is 9.83. The minimum atomic E-state index is -0.787. The van der Waals surface area contributed by atoms with E-state index in [2.05, 4.69) is 62.5 Å². The van der Waals surface area contributed by atoms with E-state index in [1.807, 2.05) is 0 Å². The van der Waals surface area contributed by atoms with Crippen molar-refractivity contribution < 1.29 is 24.2 Å². The number of aliphatic hydroxyl groups is 1. The summed E-state index contributed by atoms with van der Waals surface area (Å²) in [6, 6.07) is 0. The highest BCUT2D eigenvalue weighted by Gasteiger charge is 2.15. The van der Waals surface area contributed by atoms with Gasteiger partial charge in [-0.05, 0) is 51.4 Å². The fraction of sp³-hybridized carbons (Fsp3) is 0.697. The maximum absolute atomic E-state index is 11.9. The SMILES string of the molecule is CCCCC/C=C/C/C=C/C/C=C/C/C=C/CCCC(=O)OC[C@H](CO)OC(=O)CCCCCCCCC. The molecule has 5 heteroatoms. The third kappa shape index (κ3) is 26.9. The smallest absolute Gasteiger partial charge is 0.306 e. The van der Waals surface area contributed by atoms with Gasteiger partial charge in [0.1, 0.15) is 6.61 Å². The molecule has 5 nitrogen and oxygen atoms in total. The first-order valence-electron chi connectivity index (χ1n) is 15.2. The summed E-state index contributed by atoms with van der Waals surface area (Å²) in [7, 11) is 0. The Morgan fingerprint density at radius 2 is 1.08 bits per heavy atom. The van der Waals surface area contributed by atoms with Gasteiger partial charge in [0, 0.05) is 12.8 Å². The van der Waals surface area contributed by atoms with E-state index in [1.165, 1.54) is 51.4 Å². The van der Waals surface area contributed by atoms with Gasteiger partial charge in [-0.15, -0.1) is 0 Å². The zero-order valence-corrected chi connectivity index (χ0v) is 24.4. The number of hydrogen-bond donors (Lipinski definition) is 1. The molecule has 1 atom stereocenters. The maximum Gasteiger partial charge on any atom is 0.306 e. The van der Waals surface area contributed by atoms with Crippen LogP contribution in [0.15, 0.2) is 48.6 Å². The van der Waals surface area contributed by atoms with Crippen molar-refractivity contribution in [1.29, 1.82) is 0 Å². The van der Waals surface area contributed by atoms with E-state index in [0.717, 1.165) is 44.9 Å². The van der Waals surface area contributed by atoms with Gasteiger partial charge in [-0.25, -0.2) is 0 Å². The fourth-order valence-corrected chi connectivity index (χ4v) is 3.78. The number of allylic oxidation sites excluding steroid dienone is 8. The van der Waals surface area contributed by atoms with Crippen molar-refractivity contribution in [1.82, 2.24) is 0 Å². The van der Waals surface area contributed by atoms with Crippen LogP contribution in [0.2, 0.25) is 0 Å². The Morgan fingerprint density at radius 1 is 0.605 bits per heavy atom. The topological polar surface area (TPSA) is 72.8 Å². The lowest BCUT2D eigenvalue weighted by Crippen LogP contribution is -2.28. The van der Waals surface area contributed by atoms with Crippen LogP contribution in [0.4, 0.5) is 0 Å². The van der Waals surface area contributed by atoms with Crippen LogP contribution in [0.1, 0.15) is 129 Å². The third-order valence-corrected chi connectivity index (χ3v) is 6.13. The minimum Gasteiger partial charge on any atom is -0.462 e. The quantitative estimate of drug-likeness (QED) is 0.0685. The van der Waals surface area contributed by atoms with Gasteiger partial charge in [0.05, 0.1) is 6.61 Å². The first-order chi connectivity index (χ1) is 18.6.